The van der Waals surface area contributed by atoms with Gasteiger partial charge in [-0.2, -0.15) is 0 Å². The summed E-state index contributed by atoms with van der Waals surface area (Å²) in [6, 6.07) is 12.9. The van der Waals surface area contributed by atoms with E-state index in [1.165, 1.54) is 14.0 Å². The highest BCUT2D eigenvalue weighted by Gasteiger charge is 2.50. The van der Waals surface area contributed by atoms with Gasteiger partial charge >= 0.3 is 0 Å². The van der Waals surface area contributed by atoms with E-state index in [1.54, 1.807) is 26.0 Å². The van der Waals surface area contributed by atoms with Crippen LogP contribution < -0.4 is 10.1 Å². The number of nitrogens with one attached hydrogen (secondary N) is 1. The SMILES string of the molecule is COC1[C@@H](O)[C@@H](O)[C@@H](Oc2ccc(CCNC(C)=O)c(-c3ccccc3Cl)c2)OC1(C)C. The maximum absolute atomic E-state index is 11.3. The first kappa shape index (κ1) is 24.5. The van der Waals surface area contributed by atoms with Crippen molar-refractivity contribution in [2.75, 3.05) is 13.7 Å². The first-order valence-electron chi connectivity index (χ1n) is 10.5. The lowest BCUT2D eigenvalue weighted by Gasteiger charge is -2.46. The largest absolute Gasteiger partial charge is 0.462 e. The van der Waals surface area contributed by atoms with Crippen LogP contribution in [0.4, 0.5) is 0 Å². The summed E-state index contributed by atoms with van der Waals surface area (Å²) in [5.41, 5.74) is 1.77. The summed E-state index contributed by atoms with van der Waals surface area (Å²) in [7, 11) is 1.46. The quantitative estimate of drug-likeness (QED) is 0.584. The molecule has 0 aliphatic carbocycles. The number of aliphatic hydroxyl groups is 2. The van der Waals surface area contributed by atoms with Crippen molar-refractivity contribution in [2.45, 2.75) is 57.4 Å². The number of carbonyl (C=O) groups excluding carboxylic acids is 1. The Morgan fingerprint density at radius 2 is 1.88 bits per heavy atom. The summed E-state index contributed by atoms with van der Waals surface area (Å²) in [5.74, 6) is 0.356. The predicted molar refractivity (Wildman–Crippen MR) is 122 cm³/mol. The van der Waals surface area contributed by atoms with Crippen LogP contribution >= 0.6 is 11.6 Å². The van der Waals surface area contributed by atoms with E-state index < -0.39 is 30.2 Å². The zero-order valence-corrected chi connectivity index (χ0v) is 19.4. The molecule has 1 aliphatic rings. The van der Waals surface area contributed by atoms with Gasteiger partial charge in [-0.3, -0.25) is 4.79 Å². The van der Waals surface area contributed by atoms with Gasteiger partial charge in [0.05, 0.1) is 5.60 Å². The van der Waals surface area contributed by atoms with Crippen LogP contribution in [-0.4, -0.2) is 60.0 Å². The highest BCUT2D eigenvalue weighted by Crippen LogP contribution is 2.36. The topological polar surface area (TPSA) is 97.3 Å². The maximum Gasteiger partial charge on any atom is 0.229 e. The third-order valence-electron chi connectivity index (χ3n) is 5.56. The summed E-state index contributed by atoms with van der Waals surface area (Å²) in [6.07, 6.45) is -3.66. The number of methoxy groups -OCH3 is 1. The van der Waals surface area contributed by atoms with Crippen LogP contribution in [0.25, 0.3) is 11.1 Å². The van der Waals surface area contributed by atoms with Crippen LogP contribution in [-0.2, 0) is 20.7 Å². The number of hydrogen-bond acceptors (Lipinski definition) is 6. The minimum atomic E-state index is -1.30. The third kappa shape index (κ3) is 5.42. The molecule has 0 spiro atoms. The van der Waals surface area contributed by atoms with Crippen LogP contribution in [0.3, 0.4) is 0 Å². The summed E-state index contributed by atoms with van der Waals surface area (Å²) < 4.78 is 17.2. The molecule has 32 heavy (non-hydrogen) atoms. The van der Waals surface area contributed by atoms with Crippen molar-refractivity contribution in [3.05, 3.63) is 53.1 Å². The van der Waals surface area contributed by atoms with E-state index in [4.69, 9.17) is 25.8 Å². The lowest BCUT2D eigenvalue weighted by Crippen LogP contribution is -2.63. The molecule has 3 rings (SSSR count). The van der Waals surface area contributed by atoms with Gasteiger partial charge < -0.3 is 29.7 Å². The molecule has 4 atom stereocenters. The Hall–Kier alpha value is -2.16. The highest BCUT2D eigenvalue weighted by atomic mass is 35.5. The van der Waals surface area contributed by atoms with Gasteiger partial charge in [0.1, 0.15) is 24.1 Å². The predicted octanol–water partition coefficient (Wildman–Crippen LogP) is 2.94. The number of benzene rings is 2. The zero-order valence-electron chi connectivity index (χ0n) is 18.7. The van der Waals surface area contributed by atoms with Crippen molar-refractivity contribution < 1.29 is 29.2 Å². The third-order valence-corrected chi connectivity index (χ3v) is 5.89. The van der Waals surface area contributed by atoms with E-state index in [1.807, 2.05) is 30.3 Å². The number of hydrogen-bond donors (Lipinski definition) is 3. The molecule has 2 aromatic rings. The molecule has 174 valence electrons. The summed E-state index contributed by atoms with van der Waals surface area (Å²) in [5, 5.41) is 24.4. The molecule has 1 aliphatic heterocycles. The average Bonchev–Trinajstić information content (AvgIpc) is 2.73. The van der Waals surface area contributed by atoms with E-state index in [0.29, 0.717) is 23.7 Å². The Kier molecular flexibility index (Phi) is 7.79. The fourth-order valence-electron chi connectivity index (χ4n) is 3.99. The Morgan fingerprint density at radius 3 is 2.53 bits per heavy atom. The first-order valence-corrected chi connectivity index (χ1v) is 10.9. The fraction of sp³-hybridized carbons (Fsp3) is 0.458. The van der Waals surface area contributed by atoms with Crippen LogP contribution in [0.5, 0.6) is 5.75 Å². The van der Waals surface area contributed by atoms with Gasteiger partial charge in [0, 0.05) is 31.2 Å². The number of halogens is 1. The maximum atomic E-state index is 11.3. The number of rotatable bonds is 7. The van der Waals surface area contributed by atoms with Crippen LogP contribution in [0.15, 0.2) is 42.5 Å². The van der Waals surface area contributed by atoms with Gasteiger partial charge in [0.15, 0.2) is 0 Å². The molecule has 8 heteroatoms. The molecule has 1 unspecified atom stereocenters. The molecule has 0 saturated carbocycles. The average molecular weight is 464 g/mol. The monoisotopic (exact) mass is 463 g/mol. The number of carbonyl (C=O) groups is 1. The molecular weight excluding hydrogens is 434 g/mol. The van der Waals surface area contributed by atoms with Crippen LogP contribution in [0.1, 0.15) is 26.3 Å². The second-order valence-corrected chi connectivity index (χ2v) is 8.78. The smallest absolute Gasteiger partial charge is 0.229 e. The molecule has 2 aromatic carbocycles. The molecule has 0 radical (unpaired) electrons. The summed E-state index contributed by atoms with van der Waals surface area (Å²) in [6.45, 7) is 5.50. The standard InChI is InChI=1S/C24H30ClNO6/c1-14(27)26-12-11-15-9-10-16(13-18(15)17-7-5-6-8-19(17)25)31-23-21(29)20(28)22(30-4)24(2,3)32-23/h5-10,13,20-23,28-29H,11-12H2,1-4H3,(H,26,27)/t20-,21+,22?,23-/m0/s1. The van der Waals surface area contributed by atoms with Gasteiger partial charge in [-0.1, -0.05) is 35.9 Å². The Labute approximate surface area is 193 Å². The normalized spacial score (nSPS) is 24.7. The minimum Gasteiger partial charge on any atom is -0.462 e. The van der Waals surface area contributed by atoms with Crippen molar-refractivity contribution >= 4 is 17.5 Å². The second-order valence-electron chi connectivity index (χ2n) is 8.38. The highest BCUT2D eigenvalue weighted by molar-refractivity contribution is 6.33. The number of amides is 1. The van der Waals surface area contributed by atoms with Crippen molar-refractivity contribution in [1.82, 2.24) is 5.32 Å². The van der Waals surface area contributed by atoms with Gasteiger partial charge in [0.2, 0.25) is 12.2 Å². The Bertz CT molecular complexity index is 950. The van der Waals surface area contributed by atoms with Crippen molar-refractivity contribution in [2.24, 2.45) is 0 Å². The lowest BCUT2D eigenvalue weighted by atomic mass is 9.89. The minimum absolute atomic E-state index is 0.0942. The van der Waals surface area contributed by atoms with E-state index in [9.17, 15) is 15.0 Å². The van der Waals surface area contributed by atoms with Crippen molar-refractivity contribution in [1.29, 1.82) is 0 Å². The van der Waals surface area contributed by atoms with Crippen LogP contribution in [0.2, 0.25) is 5.02 Å². The van der Waals surface area contributed by atoms with Crippen molar-refractivity contribution in [3.8, 4) is 16.9 Å². The Morgan fingerprint density at radius 1 is 1.16 bits per heavy atom. The molecule has 1 saturated heterocycles. The van der Waals surface area contributed by atoms with Gasteiger partial charge in [-0.15, -0.1) is 0 Å². The first-order chi connectivity index (χ1) is 15.1. The van der Waals surface area contributed by atoms with Crippen LogP contribution in [0, 0.1) is 0 Å². The molecule has 0 bridgehead atoms. The summed E-state index contributed by atoms with van der Waals surface area (Å²) in [4.78, 5) is 11.3. The van der Waals surface area contributed by atoms with E-state index in [-0.39, 0.29) is 5.91 Å². The molecule has 0 aromatic heterocycles. The number of aliphatic hydroxyl groups excluding tert-OH is 2. The fourth-order valence-corrected chi connectivity index (χ4v) is 4.23. The molecule has 1 fully saturated rings. The lowest BCUT2D eigenvalue weighted by molar-refractivity contribution is -0.305. The molecule has 3 N–H and O–H groups in total. The number of ether oxygens (including phenoxy) is 3. The summed E-state index contributed by atoms with van der Waals surface area (Å²) >= 11 is 6.45. The Balaban J connectivity index is 1.90. The van der Waals surface area contributed by atoms with Gasteiger partial charge in [-0.05, 0) is 49.6 Å². The van der Waals surface area contributed by atoms with E-state index in [0.717, 1.165) is 16.7 Å². The molecular formula is C24H30ClNO6. The van der Waals surface area contributed by atoms with Crippen molar-refractivity contribution in [3.63, 3.8) is 0 Å². The molecule has 1 heterocycles. The zero-order chi connectivity index (χ0) is 23.5. The molecule has 7 nitrogen and oxygen atoms in total. The van der Waals surface area contributed by atoms with E-state index >= 15 is 0 Å². The second kappa shape index (κ2) is 10.2. The molecule has 1 amide bonds. The van der Waals surface area contributed by atoms with Gasteiger partial charge in [0.25, 0.3) is 0 Å². The van der Waals surface area contributed by atoms with Gasteiger partial charge in [-0.25, -0.2) is 0 Å². The van der Waals surface area contributed by atoms with E-state index in [2.05, 4.69) is 5.32 Å².